The number of aromatic nitrogens is 2. The second kappa shape index (κ2) is 6.33. The highest BCUT2D eigenvalue weighted by molar-refractivity contribution is 5.30. The van der Waals surface area contributed by atoms with Crippen LogP contribution in [0.5, 0.6) is 0 Å². The van der Waals surface area contributed by atoms with Gasteiger partial charge in [0.05, 0.1) is 43.3 Å². The van der Waals surface area contributed by atoms with Gasteiger partial charge in [-0.05, 0) is 6.92 Å². The van der Waals surface area contributed by atoms with Crippen LogP contribution in [0.3, 0.4) is 0 Å². The number of hydrogen-bond donors (Lipinski definition) is 3. The summed E-state index contributed by atoms with van der Waals surface area (Å²) in [4.78, 5) is 2.10. The first-order chi connectivity index (χ1) is 9.06. The maximum atomic E-state index is 10.1. The molecule has 0 saturated carbocycles. The van der Waals surface area contributed by atoms with Crippen LogP contribution in [-0.2, 0) is 11.3 Å². The molecule has 4 N–H and O–H groups in total. The molecule has 1 aliphatic heterocycles. The standard InChI is InChI=1S/C12H22N4O3/c1-9-3-15(7-12(8-17)19-9)5-11(18)6-16-4-10(13)2-14-16/h2,4,9,11-12,17-18H,3,5-8,13H2,1H3. The Morgan fingerprint density at radius 2 is 2.32 bits per heavy atom. The van der Waals surface area contributed by atoms with E-state index in [0.29, 0.717) is 25.3 Å². The molecule has 0 aliphatic carbocycles. The van der Waals surface area contributed by atoms with Crippen LogP contribution in [0.1, 0.15) is 6.92 Å². The number of morpholine rings is 1. The number of aliphatic hydroxyl groups is 2. The lowest BCUT2D eigenvalue weighted by Gasteiger charge is -2.36. The summed E-state index contributed by atoms with van der Waals surface area (Å²) in [5.74, 6) is 0. The van der Waals surface area contributed by atoms with E-state index in [4.69, 9.17) is 15.6 Å². The minimum absolute atomic E-state index is 0.00657. The van der Waals surface area contributed by atoms with Crippen molar-refractivity contribution in [2.75, 3.05) is 32.0 Å². The number of β-amino-alcohol motifs (C(OH)–C–C–N with tert-alkyl or cyclic N) is 1. The second-order valence-electron chi connectivity index (χ2n) is 5.12. The van der Waals surface area contributed by atoms with Crippen molar-refractivity contribution < 1.29 is 14.9 Å². The van der Waals surface area contributed by atoms with Crippen molar-refractivity contribution in [2.45, 2.75) is 31.8 Å². The summed E-state index contributed by atoms with van der Waals surface area (Å²) >= 11 is 0. The Hall–Kier alpha value is -1.15. The van der Waals surface area contributed by atoms with Gasteiger partial charge in [0.2, 0.25) is 0 Å². The molecule has 2 rings (SSSR count). The number of anilines is 1. The van der Waals surface area contributed by atoms with Gasteiger partial charge in [0.25, 0.3) is 0 Å². The van der Waals surface area contributed by atoms with E-state index >= 15 is 0 Å². The summed E-state index contributed by atoms with van der Waals surface area (Å²) < 4.78 is 7.19. The van der Waals surface area contributed by atoms with E-state index in [1.807, 2.05) is 6.92 Å². The summed E-state index contributed by atoms with van der Waals surface area (Å²) in [6, 6.07) is 0. The summed E-state index contributed by atoms with van der Waals surface area (Å²) in [6.45, 7) is 4.31. The van der Waals surface area contributed by atoms with E-state index in [1.165, 1.54) is 0 Å². The van der Waals surface area contributed by atoms with Crippen molar-refractivity contribution in [3.05, 3.63) is 12.4 Å². The van der Waals surface area contributed by atoms with E-state index < -0.39 is 6.10 Å². The molecule has 3 atom stereocenters. The van der Waals surface area contributed by atoms with Crippen molar-refractivity contribution in [1.29, 1.82) is 0 Å². The molecule has 0 spiro atoms. The topological polar surface area (TPSA) is 96.8 Å². The molecule has 2 heterocycles. The van der Waals surface area contributed by atoms with Crippen LogP contribution in [0.2, 0.25) is 0 Å². The maximum absolute atomic E-state index is 10.1. The first kappa shape index (κ1) is 14.3. The molecule has 1 aromatic rings. The molecule has 0 aromatic carbocycles. The highest BCUT2D eigenvalue weighted by Crippen LogP contribution is 2.11. The lowest BCUT2D eigenvalue weighted by Crippen LogP contribution is -2.50. The van der Waals surface area contributed by atoms with Gasteiger partial charge in [-0.2, -0.15) is 5.10 Å². The van der Waals surface area contributed by atoms with Crippen LogP contribution in [0, 0.1) is 0 Å². The molecule has 0 radical (unpaired) electrons. The van der Waals surface area contributed by atoms with Gasteiger partial charge in [-0.25, -0.2) is 0 Å². The number of nitrogen functional groups attached to an aromatic ring is 1. The molecular weight excluding hydrogens is 248 g/mol. The fourth-order valence-corrected chi connectivity index (χ4v) is 2.44. The lowest BCUT2D eigenvalue weighted by atomic mass is 10.2. The molecular formula is C12H22N4O3. The van der Waals surface area contributed by atoms with Gasteiger partial charge < -0.3 is 20.7 Å². The Kier molecular flexibility index (Phi) is 4.76. The van der Waals surface area contributed by atoms with Crippen molar-refractivity contribution in [2.24, 2.45) is 0 Å². The number of rotatable bonds is 5. The number of aliphatic hydroxyl groups excluding tert-OH is 2. The fraction of sp³-hybridized carbons (Fsp3) is 0.750. The average molecular weight is 270 g/mol. The zero-order valence-corrected chi connectivity index (χ0v) is 11.1. The normalized spacial score (nSPS) is 26.5. The third kappa shape index (κ3) is 4.17. The summed E-state index contributed by atoms with van der Waals surface area (Å²) in [7, 11) is 0. The first-order valence-corrected chi connectivity index (χ1v) is 6.51. The number of nitrogens with zero attached hydrogens (tertiary/aromatic N) is 3. The highest BCUT2D eigenvalue weighted by Gasteiger charge is 2.26. The van der Waals surface area contributed by atoms with Crippen LogP contribution < -0.4 is 5.73 Å². The molecule has 7 heteroatoms. The Morgan fingerprint density at radius 3 is 2.95 bits per heavy atom. The van der Waals surface area contributed by atoms with Crippen LogP contribution in [0.15, 0.2) is 12.4 Å². The van der Waals surface area contributed by atoms with E-state index in [0.717, 1.165) is 6.54 Å². The fourth-order valence-electron chi connectivity index (χ4n) is 2.44. The largest absolute Gasteiger partial charge is 0.396 e. The second-order valence-corrected chi connectivity index (χ2v) is 5.12. The zero-order chi connectivity index (χ0) is 13.8. The van der Waals surface area contributed by atoms with Crippen LogP contribution >= 0.6 is 0 Å². The van der Waals surface area contributed by atoms with Gasteiger partial charge >= 0.3 is 0 Å². The molecule has 1 fully saturated rings. The predicted octanol–water partition coefficient (Wildman–Crippen LogP) is -1.09. The Labute approximate surface area is 112 Å². The molecule has 0 amide bonds. The SMILES string of the molecule is CC1CN(CC(O)Cn2cc(N)cn2)CC(CO)O1. The Bertz CT molecular complexity index is 398. The summed E-state index contributed by atoms with van der Waals surface area (Å²) in [6.07, 6.45) is 2.63. The monoisotopic (exact) mass is 270 g/mol. The van der Waals surface area contributed by atoms with Crippen molar-refractivity contribution >= 4 is 5.69 Å². The van der Waals surface area contributed by atoms with Crippen molar-refractivity contribution in [3.8, 4) is 0 Å². The Morgan fingerprint density at radius 1 is 1.53 bits per heavy atom. The van der Waals surface area contributed by atoms with Crippen molar-refractivity contribution in [1.82, 2.24) is 14.7 Å². The van der Waals surface area contributed by atoms with Crippen molar-refractivity contribution in [3.63, 3.8) is 0 Å². The van der Waals surface area contributed by atoms with E-state index in [1.54, 1.807) is 17.1 Å². The molecule has 19 heavy (non-hydrogen) atoms. The molecule has 1 aliphatic rings. The maximum Gasteiger partial charge on any atom is 0.0936 e. The van der Waals surface area contributed by atoms with Gasteiger partial charge in [0.15, 0.2) is 0 Å². The Balaban J connectivity index is 1.82. The predicted molar refractivity (Wildman–Crippen MR) is 70.5 cm³/mol. The van der Waals surface area contributed by atoms with Crippen LogP contribution in [0.25, 0.3) is 0 Å². The highest BCUT2D eigenvalue weighted by atomic mass is 16.5. The van der Waals surface area contributed by atoms with E-state index in [2.05, 4.69) is 10.00 Å². The molecule has 108 valence electrons. The van der Waals surface area contributed by atoms with Crippen LogP contribution in [-0.4, -0.2) is 69.4 Å². The van der Waals surface area contributed by atoms with Gasteiger partial charge in [0.1, 0.15) is 0 Å². The summed E-state index contributed by atoms with van der Waals surface area (Å²) in [5.41, 5.74) is 6.16. The first-order valence-electron chi connectivity index (χ1n) is 6.51. The molecule has 3 unspecified atom stereocenters. The van der Waals surface area contributed by atoms with Gasteiger partial charge in [-0.15, -0.1) is 0 Å². The minimum Gasteiger partial charge on any atom is -0.396 e. The molecule has 0 bridgehead atoms. The third-order valence-corrected chi connectivity index (χ3v) is 3.13. The molecule has 7 nitrogen and oxygen atoms in total. The molecule has 1 aromatic heterocycles. The van der Waals surface area contributed by atoms with E-state index in [-0.39, 0.29) is 18.8 Å². The van der Waals surface area contributed by atoms with E-state index in [9.17, 15) is 5.11 Å². The van der Waals surface area contributed by atoms with Gasteiger partial charge in [-0.1, -0.05) is 0 Å². The summed E-state index contributed by atoms with van der Waals surface area (Å²) in [5, 5.41) is 23.3. The average Bonchev–Trinajstić information content (AvgIpc) is 2.73. The number of hydrogen-bond acceptors (Lipinski definition) is 6. The zero-order valence-electron chi connectivity index (χ0n) is 11.1. The smallest absolute Gasteiger partial charge is 0.0936 e. The van der Waals surface area contributed by atoms with Crippen LogP contribution in [0.4, 0.5) is 5.69 Å². The lowest BCUT2D eigenvalue weighted by molar-refractivity contribution is -0.102. The number of nitrogens with two attached hydrogens (primary N) is 1. The third-order valence-electron chi connectivity index (χ3n) is 3.13. The minimum atomic E-state index is -0.524. The van der Waals surface area contributed by atoms with Gasteiger partial charge in [-0.3, -0.25) is 9.58 Å². The van der Waals surface area contributed by atoms with Gasteiger partial charge in [0, 0.05) is 25.8 Å². The number of ether oxygens (including phenoxy) is 1. The molecule has 1 saturated heterocycles. The quantitative estimate of drug-likeness (QED) is 0.629.